The van der Waals surface area contributed by atoms with Gasteiger partial charge >= 0.3 is 11.7 Å². The molecule has 0 saturated heterocycles. The van der Waals surface area contributed by atoms with E-state index in [0.29, 0.717) is 18.1 Å². The van der Waals surface area contributed by atoms with E-state index in [-0.39, 0.29) is 16.9 Å². The molecule has 0 aliphatic heterocycles. The van der Waals surface area contributed by atoms with Crippen molar-refractivity contribution in [2.45, 2.75) is 43.6 Å². The quantitative estimate of drug-likeness (QED) is 0.610. The lowest BCUT2D eigenvalue weighted by Crippen LogP contribution is -2.18. The van der Waals surface area contributed by atoms with Gasteiger partial charge in [-0.25, -0.2) is 9.89 Å². The number of methoxy groups -OCH3 is 1. The highest BCUT2D eigenvalue weighted by atomic mass is 32.2. The van der Waals surface area contributed by atoms with Gasteiger partial charge in [-0.3, -0.25) is 9.36 Å². The molecule has 0 amide bonds. The molecule has 1 heterocycles. The van der Waals surface area contributed by atoms with Crippen LogP contribution in [0, 0.1) is 0 Å². The molecule has 1 N–H and O–H groups in total. The van der Waals surface area contributed by atoms with Gasteiger partial charge in [0.1, 0.15) is 0 Å². The second kappa shape index (κ2) is 6.48. The third-order valence-electron chi connectivity index (χ3n) is 2.16. The molecule has 0 spiro atoms. The van der Waals surface area contributed by atoms with E-state index < -0.39 is 0 Å². The van der Waals surface area contributed by atoms with Gasteiger partial charge in [0.25, 0.3) is 0 Å². The Kier molecular flexibility index (Phi) is 5.27. The summed E-state index contributed by atoms with van der Waals surface area (Å²) in [6.45, 7) is 4.52. The van der Waals surface area contributed by atoms with Crippen molar-refractivity contribution in [2.24, 2.45) is 0 Å². The summed E-state index contributed by atoms with van der Waals surface area (Å²) in [4.78, 5) is 22.5. The standard InChI is InChI=1S/C10H17N3O3S/c1-4-5-13-9(15)11-12-10(13)17-7(2)6-8(14)16-3/h7H,4-6H2,1-3H3,(H,11,15). The van der Waals surface area contributed by atoms with E-state index >= 15 is 0 Å². The number of thioether (sulfide) groups is 1. The van der Waals surface area contributed by atoms with Gasteiger partial charge in [0.15, 0.2) is 5.16 Å². The molecule has 17 heavy (non-hydrogen) atoms. The second-order valence-electron chi connectivity index (χ2n) is 3.67. The average molecular weight is 259 g/mol. The number of carbonyl (C=O) groups is 1. The maximum absolute atomic E-state index is 11.4. The number of hydrogen-bond acceptors (Lipinski definition) is 5. The van der Waals surface area contributed by atoms with Crippen molar-refractivity contribution in [1.29, 1.82) is 0 Å². The Balaban J connectivity index is 2.67. The smallest absolute Gasteiger partial charge is 0.343 e. The number of aromatic amines is 1. The third kappa shape index (κ3) is 3.92. The Hall–Kier alpha value is -1.24. The van der Waals surface area contributed by atoms with Crippen molar-refractivity contribution in [3.63, 3.8) is 0 Å². The Morgan fingerprint density at radius 1 is 1.65 bits per heavy atom. The van der Waals surface area contributed by atoms with E-state index in [4.69, 9.17) is 0 Å². The molecule has 0 aliphatic carbocycles. The zero-order valence-electron chi connectivity index (χ0n) is 10.2. The molecule has 96 valence electrons. The van der Waals surface area contributed by atoms with Crippen molar-refractivity contribution < 1.29 is 9.53 Å². The number of carbonyl (C=O) groups excluding carboxylic acids is 1. The number of H-pyrrole nitrogens is 1. The van der Waals surface area contributed by atoms with Crippen LogP contribution in [-0.2, 0) is 16.1 Å². The number of hydrogen-bond donors (Lipinski definition) is 1. The van der Waals surface area contributed by atoms with Crippen LogP contribution < -0.4 is 5.69 Å². The second-order valence-corrected chi connectivity index (χ2v) is 5.08. The molecule has 0 bridgehead atoms. The molecule has 0 fully saturated rings. The van der Waals surface area contributed by atoms with Crippen LogP contribution in [0.1, 0.15) is 26.7 Å². The van der Waals surface area contributed by atoms with Crippen molar-refractivity contribution in [2.75, 3.05) is 7.11 Å². The van der Waals surface area contributed by atoms with Crippen molar-refractivity contribution in [3.05, 3.63) is 10.5 Å². The molecular weight excluding hydrogens is 242 g/mol. The van der Waals surface area contributed by atoms with E-state index in [1.807, 2.05) is 13.8 Å². The largest absolute Gasteiger partial charge is 0.469 e. The van der Waals surface area contributed by atoms with Gasteiger partial charge in [-0.15, -0.1) is 5.10 Å². The summed E-state index contributed by atoms with van der Waals surface area (Å²) < 4.78 is 6.17. The van der Waals surface area contributed by atoms with Crippen molar-refractivity contribution in [1.82, 2.24) is 14.8 Å². The molecule has 0 aromatic carbocycles. The molecule has 0 saturated carbocycles. The van der Waals surface area contributed by atoms with Gasteiger partial charge in [0.2, 0.25) is 0 Å². The Labute approximate surface area is 104 Å². The highest BCUT2D eigenvalue weighted by Crippen LogP contribution is 2.22. The normalized spacial score (nSPS) is 12.4. The van der Waals surface area contributed by atoms with Crippen LogP contribution in [0.4, 0.5) is 0 Å². The molecule has 1 rings (SSSR count). The Morgan fingerprint density at radius 2 is 2.35 bits per heavy atom. The lowest BCUT2D eigenvalue weighted by Gasteiger charge is -2.09. The van der Waals surface area contributed by atoms with Crippen LogP contribution in [0.15, 0.2) is 9.95 Å². The molecule has 1 aromatic heterocycles. The van der Waals surface area contributed by atoms with Crippen LogP contribution in [0.3, 0.4) is 0 Å². The Bertz CT molecular complexity index is 427. The van der Waals surface area contributed by atoms with Gasteiger partial charge in [-0.1, -0.05) is 25.6 Å². The van der Waals surface area contributed by atoms with Crippen LogP contribution >= 0.6 is 11.8 Å². The van der Waals surface area contributed by atoms with Gasteiger partial charge in [-0.2, -0.15) is 0 Å². The molecule has 1 unspecified atom stereocenters. The van der Waals surface area contributed by atoms with Crippen LogP contribution in [0.25, 0.3) is 0 Å². The monoisotopic (exact) mass is 259 g/mol. The first-order valence-corrected chi connectivity index (χ1v) is 6.35. The van der Waals surface area contributed by atoms with E-state index in [2.05, 4.69) is 14.9 Å². The van der Waals surface area contributed by atoms with Crippen molar-refractivity contribution >= 4 is 17.7 Å². The zero-order valence-corrected chi connectivity index (χ0v) is 11.0. The first-order chi connectivity index (χ1) is 8.08. The summed E-state index contributed by atoms with van der Waals surface area (Å²) >= 11 is 1.39. The summed E-state index contributed by atoms with van der Waals surface area (Å²) in [6, 6.07) is 0. The number of nitrogens with one attached hydrogen (secondary N) is 1. The molecule has 0 radical (unpaired) electrons. The fourth-order valence-electron chi connectivity index (χ4n) is 1.35. The first-order valence-electron chi connectivity index (χ1n) is 5.47. The van der Waals surface area contributed by atoms with Gasteiger partial charge < -0.3 is 4.74 Å². The Morgan fingerprint density at radius 3 is 2.94 bits per heavy atom. The van der Waals surface area contributed by atoms with Crippen molar-refractivity contribution in [3.8, 4) is 0 Å². The predicted molar refractivity (Wildman–Crippen MR) is 65.1 cm³/mol. The minimum atomic E-state index is -0.259. The van der Waals surface area contributed by atoms with Crippen LogP contribution in [0.5, 0.6) is 0 Å². The van der Waals surface area contributed by atoms with Gasteiger partial charge in [0.05, 0.1) is 13.5 Å². The molecule has 1 atom stereocenters. The average Bonchev–Trinajstić information content (AvgIpc) is 2.61. The summed E-state index contributed by atoms with van der Waals surface area (Å²) in [6.07, 6.45) is 1.16. The molecule has 1 aromatic rings. The summed E-state index contributed by atoms with van der Waals surface area (Å²) in [7, 11) is 1.36. The fraction of sp³-hybridized carbons (Fsp3) is 0.700. The number of aromatic nitrogens is 3. The number of esters is 1. The predicted octanol–water partition coefficient (Wildman–Crippen LogP) is 1.03. The van der Waals surface area contributed by atoms with E-state index in [1.54, 1.807) is 4.57 Å². The minimum absolute atomic E-state index is 0.0215. The minimum Gasteiger partial charge on any atom is -0.469 e. The van der Waals surface area contributed by atoms with Crippen LogP contribution in [-0.4, -0.2) is 33.1 Å². The van der Waals surface area contributed by atoms with E-state index in [0.717, 1.165) is 6.42 Å². The lowest BCUT2D eigenvalue weighted by molar-refractivity contribution is -0.140. The zero-order chi connectivity index (χ0) is 12.8. The highest BCUT2D eigenvalue weighted by Gasteiger charge is 2.15. The first kappa shape index (κ1) is 13.8. The SMILES string of the molecule is CCCn1c(SC(C)CC(=O)OC)n[nH]c1=O. The maximum atomic E-state index is 11.4. The molecular formula is C10H17N3O3S. The topological polar surface area (TPSA) is 77.0 Å². The third-order valence-corrected chi connectivity index (χ3v) is 3.25. The molecule has 6 nitrogen and oxygen atoms in total. The van der Waals surface area contributed by atoms with Gasteiger partial charge in [-0.05, 0) is 6.42 Å². The van der Waals surface area contributed by atoms with E-state index in [1.165, 1.54) is 18.9 Å². The van der Waals surface area contributed by atoms with E-state index in [9.17, 15) is 9.59 Å². The summed E-state index contributed by atoms with van der Waals surface area (Å²) in [5.41, 5.74) is -0.209. The molecule has 7 heteroatoms. The summed E-state index contributed by atoms with van der Waals surface area (Å²) in [5.74, 6) is -0.259. The molecule has 0 aliphatic rings. The van der Waals surface area contributed by atoms with Gasteiger partial charge in [0, 0.05) is 11.8 Å². The number of ether oxygens (including phenoxy) is 1. The maximum Gasteiger partial charge on any atom is 0.343 e. The highest BCUT2D eigenvalue weighted by molar-refractivity contribution is 7.99. The fourth-order valence-corrected chi connectivity index (χ4v) is 2.33. The summed E-state index contributed by atoms with van der Waals surface area (Å²) in [5, 5.41) is 7.00. The number of nitrogens with zero attached hydrogens (tertiary/aromatic N) is 2. The number of rotatable bonds is 6. The lowest BCUT2D eigenvalue weighted by atomic mass is 10.3. The van der Waals surface area contributed by atoms with Crippen LogP contribution in [0.2, 0.25) is 0 Å².